The van der Waals surface area contributed by atoms with Crippen LogP contribution in [0.25, 0.3) is 10.9 Å². The van der Waals surface area contributed by atoms with E-state index < -0.39 is 29.3 Å². The molecule has 1 saturated carbocycles. The van der Waals surface area contributed by atoms with Gasteiger partial charge in [-0.2, -0.15) is 0 Å². The molecule has 0 saturated heterocycles. The van der Waals surface area contributed by atoms with Crippen molar-refractivity contribution in [3.8, 4) is 5.75 Å². The fraction of sp³-hybridized carbons (Fsp3) is 0.304. The summed E-state index contributed by atoms with van der Waals surface area (Å²) in [5.74, 6) is -3.13. The van der Waals surface area contributed by atoms with Crippen LogP contribution in [-0.4, -0.2) is 27.7 Å². The van der Waals surface area contributed by atoms with Crippen molar-refractivity contribution < 1.29 is 28.2 Å². The lowest BCUT2D eigenvalue weighted by Crippen LogP contribution is -2.17. The SMILES string of the molecule is Cc1c(CC(=O)OC2CCCC2)c2c(F)c(O)ccc2n1C(=O)c1cccc(F)c1. The Morgan fingerprint density at radius 2 is 1.90 bits per heavy atom. The summed E-state index contributed by atoms with van der Waals surface area (Å²) in [5.41, 5.74) is 0.891. The summed E-state index contributed by atoms with van der Waals surface area (Å²) in [6.07, 6.45) is 3.24. The Kier molecular flexibility index (Phi) is 5.28. The molecule has 0 spiro atoms. The highest BCUT2D eigenvalue weighted by Gasteiger charge is 2.27. The van der Waals surface area contributed by atoms with Gasteiger partial charge in [-0.15, -0.1) is 0 Å². The van der Waals surface area contributed by atoms with Crippen LogP contribution in [0.4, 0.5) is 8.78 Å². The number of aromatic hydroxyl groups is 1. The highest BCUT2D eigenvalue weighted by molar-refractivity contribution is 6.05. The summed E-state index contributed by atoms with van der Waals surface area (Å²) in [6.45, 7) is 1.59. The zero-order valence-electron chi connectivity index (χ0n) is 16.5. The first-order valence-corrected chi connectivity index (χ1v) is 9.88. The number of fused-ring (bicyclic) bond motifs is 1. The number of hydrogen-bond acceptors (Lipinski definition) is 4. The van der Waals surface area contributed by atoms with Crippen molar-refractivity contribution in [2.45, 2.75) is 45.1 Å². The number of carbonyl (C=O) groups excluding carboxylic acids is 2. The molecule has 1 fully saturated rings. The number of carbonyl (C=O) groups is 2. The minimum atomic E-state index is -0.912. The van der Waals surface area contributed by atoms with E-state index in [1.165, 1.54) is 28.8 Å². The highest BCUT2D eigenvalue weighted by atomic mass is 19.1. The molecule has 1 aliphatic rings. The van der Waals surface area contributed by atoms with Gasteiger partial charge in [-0.25, -0.2) is 8.78 Å². The van der Waals surface area contributed by atoms with E-state index in [4.69, 9.17) is 4.74 Å². The molecule has 0 atom stereocenters. The lowest BCUT2D eigenvalue weighted by atomic mass is 10.1. The van der Waals surface area contributed by atoms with Gasteiger partial charge in [-0.3, -0.25) is 14.2 Å². The van der Waals surface area contributed by atoms with E-state index >= 15 is 0 Å². The third kappa shape index (κ3) is 3.56. The van der Waals surface area contributed by atoms with Crippen LogP contribution in [-0.2, 0) is 16.0 Å². The summed E-state index contributed by atoms with van der Waals surface area (Å²) < 4.78 is 35.2. The van der Waals surface area contributed by atoms with E-state index in [1.54, 1.807) is 6.92 Å². The number of esters is 1. The molecular formula is C23H21F2NO4. The molecule has 7 heteroatoms. The van der Waals surface area contributed by atoms with Gasteiger partial charge < -0.3 is 9.84 Å². The van der Waals surface area contributed by atoms with Crippen LogP contribution < -0.4 is 0 Å². The lowest BCUT2D eigenvalue weighted by Gasteiger charge is -2.11. The largest absolute Gasteiger partial charge is 0.505 e. The van der Waals surface area contributed by atoms with Gasteiger partial charge in [0.15, 0.2) is 11.6 Å². The Balaban J connectivity index is 1.80. The molecule has 5 nitrogen and oxygen atoms in total. The third-order valence-corrected chi connectivity index (χ3v) is 5.61. The van der Waals surface area contributed by atoms with Crippen molar-refractivity contribution in [1.29, 1.82) is 0 Å². The predicted octanol–water partition coefficient (Wildman–Crippen LogP) is 4.65. The number of aromatic nitrogens is 1. The molecule has 4 rings (SSSR count). The molecule has 2 aromatic carbocycles. The monoisotopic (exact) mass is 413 g/mol. The number of phenols is 1. The Morgan fingerprint density at radius 1 is 1.17 bits per heavy atom. The topological polar surface area (TPSA) is 68.5 Å². The van der Waals surface area contributed by atoms with E-state index in [-0.39, 0.29) is 34.6 Å². The number of nitrogens with zero attached hydrogens (tertiary/aromatic N) is 1. The van der Waals surface area contributed by atoms with Crippen molar-refractivity contribution >= 4 is 22.8 Å². The fourth-order valence-electron chi connectivity index (χ4n) is 4.13. The molecule has 0 bridgehead atoms. The van der Waals surface area contributed by atoms with Crippen LogP contribution in [0.2, 0.25) is 0 Å². The van der Waals surface area contributed by atoms with Gasteiger partial charge in [0.05, 0.1) is 11.9 Å². The summed E-state index contributed by atoms with van der Waals surface area (Å²) in [5, 5.41) is 9.85. The number of ether oxygens (including phenoxy) is 1. The van der Waals surface area contributed by atoms with Crippen molar-refractivity contribution in [3.63, 3.8) is 0 Å². The number of phenolic OH excluding ortho intramolecular Hbond substituents is 1. The van der Waals surface area contributed by atoms with Gasteiger partial charge >= 0.3 is 5.97 Å². The van der Waals surface area contributed by atoms with Crippen LogP contribution in [0.3, 0.4) is 0 Å². The smallest absolute Gasteiger partial charge is 0.310 e. The van der Waals surface area contributed by atoms with Gasteiger partial charge in [-0.1, -0.05) is 6.07 Å². The van der Waals surface area contributed by atoms with E-state index in [0.29, 0.717) is 5.69 Å². The summed E-state index contributed by atoms with van der Waals surface area (Å²) in [7, 11) is 0. The highest BCUT2D eigenvalue weighted by Crippen LogP contribution is 2.34. The zero-order valence-corrected chi connectivity index (χ0v) is 16.5. The second-order valence-corrected chi connectivity index (χ2v) is 7.58. The fourth-order valence-corrected chi connectivity index (χ4v) is 4.13. The molecular weight excluding hydrogens is 392 g/mol. The first-order chi connectivity index (χ1) is 14.4. The first kappa shape index (κ1) is 20.1. The normalized spacial score (nSPS) is 14.4. The molecule has 0 unspecified atom stereocenters. The molecule has 1 N–H and O–H groups in total. The second-order valence-electron chi connectivity index (χ2n) is 7.58. The summed E-state index contributed by atoms with van der Waals surface area (Å²) in [6, 6.07) is 7.74. The van der Waals surface area contributed by atoms with Gasteiger partial charge in [0.25, 0.3) is 5.91 Å². The maximum atomic E-state index is 14.9. The first-order valence-electron chi connectivity index (χ1n) is 9.88. The molecule has 1 heterocycles. The summed E-state index contributed by atoms with van der Waals surface area (Å²) in [4.78, 5) is 25.6. The van der Waals surface area contributed by atoms with Gasteiger partial charge in [0.2, 0.25) is 0 Å². The average molecular weight is 413 g/mol. The molecule has 0 aliphatic heterocycles. The second kappa shape index (κ2) is 7.89. The molecule has 30 heavy (non-hydrogen) atoms. The zero-order chi connectivity index (χ0) is 21.4. The van der Waals surface area contributed by atoms with Crippen molar-refractivity contribution in [3.05, 3.63) is 64.9 Å². The molecule has 156 valence electrons. The Bertz CT molecular complexity index is 1150. The van der Waals surface area contributed by atoms with Gasteiger partial charge in [0.1, 0.15) is 11.9 Å². The van der Waals surface area contributed by atoms with E-state index in [1.807, 2.05) is 0 Å². The number of halogens is 2. The van der Waals surface area contributed by atoms with Crippen LogP contribution in [0.15, 0.2) is 36.4 Å². The number of benzene rings is 2. The van der Waals surface area contributed by atoms with Crippen molar-refractivity contribution in [2.24, 2.45) is 0 Å². The maximum absolute atomic E-state index is 14.9. The van der Waals surface area contributed by atoms with Crippen molar-refractivity contribution in [2.75, 3.05) is 0 Å². The lowest BCUT2D eigenvalue weighted by molar-refractivity contribution is -0.147. The maximum Gasteiger partial charge on any atom is 0.310 e. The number of hydrogen-bond donors (Lipinski definition) is 1. The van der Waals surface area contributed by atoms with Gasteiger partial charge in [0, 0.05) is 16.6 Å². The van der Waals surface area contributed by atoms with Crippen LogP contribution in [0.1, 0.15) is 47.3 Å². The molecule has 0 radical (unpaired) electrons. The van der Waals surface area contributed by atoms with Crippen molar-refractivity contribution in [1.82, 2.24) is 4.57 Å². The predicted molar refractivity (Wildman–Crippen MR) is 106 cm³/mol. The number of rotatable bonds is 4. The molecule has 3 aromatic rings. The van der Waals surface area contributed by atoms with Crippen LogP contribution >= 0.6 is 0 Å². The van der Waals surface area contributed by atoms with E-state index in [9.17, 15) is 23.5 Å². The standard InChI is InChI=1S/C23H21F2NO4/c1-13-17(12-20(28)30-16-7-2-3-8-16)21-18(9-10-19(27)22(21)25)26(13)23(29)14-5-4-6-15(24)11-14/h4-6,9-11,16,27H,2-3,7-8,12H2,1H3. The minimum Gasteiger partial charge on any atom is -0.505 e. The Morgan fingerprint density at radius 3 is 2.60 bits per heavy atom. The third-order valence-electron chi connectivity index (χ3n) is 5.61. The Labute approximate surface area is 171 Å². The average Bonchev–Trinajstić information content (AvgIpc) is 3.31. The van der Waals surface area contributed by atoms with Crippen LogP contribution in [0.5, 0.6) is 5.75 Å². The minimum absolute atomic E-state index is 0.0133. The van der Waals surface area contributed by atoms with Crippen LogP contribution in [0, 0.1) is 18.6 Å². The molecule has 0 amide bonds. The Hall–Kier alpha value is -3.22. The van der Waals surface area contributed by atoms with E-state index in [0.717, 1.165) is 37.8 Å². The quantitative estimate of drug-likeness (QED) is 0.632. The summed E-state index contributed by atoms with van der Waals surface area (Å²) >= 11 is 0. The molecule has 1 aliphatic carbocycles. The molecule has 1 aromatic heterocycles. The van der Waals surface area contributed by atoms with Gasteiger partial charge in [-0.05, 0) is 68.5 Å². The van der Waals surface area contributed by atoms with E-state index in [2.05, 4.69) is 0 Å².